The van der Waals surface area contributed by atoms with E-state index < -0.39 is 0 Å². The van der Waals surface area contributed by atoms with E-state index in [9.17, 15) is 18.8 Å². The van der Waals surface area contributed by atoms with E-state index in [1.807, 2.05) is 0 Å². The van der Waals surface area contributed by atoms with Crippen molar-refractivity contribution in [2.45, 2.75) is 51.1 Å². The van der Waals surface area contributed by atoms with Crippen LogP contribution in [0.15, 0.2) is 35.8 Å². The highest BCUT2D eigenvalue weighted by molar-refractivity contribution is 7.13. The standard InChI is InChI=1S/C21H25FN4O3S/c22-16-7-5-15(6-8-16)13-26(14-19(28)24-17-3-1-2-4-17)20(29)10-9-18(27)25-21-23-11-12-30-21/h5-8,11-12,17H,1-4,9-10,13-14H2,(H,24,28)(H,23,25,27). The van der Waals surface area contributed by atoms with E-state index in [-0.39, 0.29) is 55.5 Å². The number of thiazole rings is 1. The molecule has 0 unspecified atom stereocenters. The SMILES string of the molecule is O=C(CCC(=O)N(CC(=O)NC1CCCC1)Cc1ccc(F)cc1)Nc1nccs1. The highest BCUT2D eigenvalue weighted by atomic mass is 32.1. The number of rotatable bonds is 9. The molecule has 1 aromatic carbocycles. The summed E-state index contributed by atoms with van der Waals surface area (Å²) in [5.74, 6) is -1.20. The third-order valence-electron chi connectivity index (χ3n) is 4.94. The molecule has 0 bridgehead atoms. The number of carbonyl (C=O) groups is 3. The van der Waals surface area contributed by atoms with E-state index in [1.165, 1.54) is 28.4 Å². The summed E-state index contributed by atoms with van der Waals surface area (Å²) in [5.41, 5.74) is 0.714. The molecule has 0 radical (unpaired) electrons. The number of halogens is 1. The van der Waals surface area contributed by atoms with Crippen LogP contribution in [0.5, 0.6) is 0 Å². The molecule has 7 nitrogen and oxygen atoms in total. The van der Waals surface area contributed by atoms with Gasteiger partial charge in [0.15, 0.2) is 5.13 Å². The van der Waals surface area contributed by atoms with Crippen molar-refractivity contribution in [3.05, 3.63) is 47.2 Å². The van der Waals surface area contributed by atoms with Gasteiger partial charge in [0.2, 0.25) is 17.7 Å². The van der Waals surface area contributed by atoms with Gasteiger partial charge in [-0.25, -0.2) is 9.37 Å². The van der Waals surface area contributed by atoms with Crippen LogP contribution in [0.4, 0.5) is 9.52 Å². The van der Waals surface area contributed by atoms with Gasteiger partial charge in [0.1, 0.15) is 5.82 Å². The third-order valence-corrected chi connectivity index (χ3v) is 5.63. The van der Waals surface area contributed by atoms with Crippen molar-refractivity contribution in [2.24, 2.45) is 0 Å². The summed E-state index contributed by atoms with van der Waals surface area (Å²) in [5, 5.41) is 7.84. The molecule has 1 aliphatic carbocycles. The van der Waals surface area contributed by atoms with Gasteiger partial charge in [-0.15, -0.1) is 11.3 Å². The maximum absolute atomic E-state index is 13.2. The van der Waals surface area contributed by atoms with Gasteiger partial charge in [-0.05, 0) is 30.5 Å². The highest BCUT2D eigenvalue weighted by Crippen LogP contribution is 2.18. The van der Waals surface area contributed by atoms with E-state index in [0.29, 0.717) is 10.7 Å². The van der Waals surface area contributed by atoms with Crippen LogP contribution in [0, 0.1) is 5.82 Å². The Morgan fingerprint density at radius 3 is 2.50 bits per heavy atom. The average molecular weight is 433 g/mol. The lowest BCUT2D eigenvalue weighted by Crippen LogP contribution is -2.43. The van der Waals surface area contributed by atoms with Crippen molar-refractivity contribution in [3.63, 3.8) is 0 Å². The van der Waals surface area contributed by atoms with Crippen LogP contribution in [0.2, 0.25) is 0 Å². The minimum atomic E-state index is -0.366. The van der Waals surface area contributed by atoms with Crippen LogP contribution in [0.3, 0.4) is 0 Å². The van der Waals surface area contributed by atoms with E-state index >= 15 is 0 Å². The molecule has 0 saturated heterocycles. The summed E-state index contributed by atoms with van der Waals surface area (Å²) in [4.78, 5) is 42.7. The predicted octanol–water partition coefficient (Wildman–Crippen LogP) is 3.09. The maximum Gasteiger partial charge on any atom is 0.239 e. The van der Waals surface area contributed by atoms with Crippen molar-refractivity contribution in [1.29, 1.82) is 0 Å². The normalized spacial score (nSPS) is 13.8. The van der Waals surface area contributed by atoms with Gasteiger partial charge in [0, 0.05) is 37.0 Å². The third kappa shape index (κ3) is 6.91. The van der Waals surface area contributed by atoms with Gasteiger partial charge in [0.25, 0.3) is 0 Å². The Labute approximate surface area is 178 Å². The van der Waals surface area contributed by atoms with Gasteiger partial charge in [-0.1, -0.05) is 25.0 Å². The zero-order valence-corrected chi connectivity index (χ0v) is 17.4. The van der Waals surface area contributed by atoms with Crippen LogP contribution in [0.1, 0.15) is 44.1 Å². The maximum atomic E-state index is 13.2. The second-order valence-corrected chi connectivity index (χ2v) is 8.21. The molecule has 1 heterocycles. The van der Waals surface area contributed by atoms with Gasteiger partial charge in [-0.2, -0.15) is 0 Å². The molecule has 1 aromatic heterocycles. The first kappa shape index (κ1) is 21.9. The van der Waals surface area contributed by atoms with E-state index in [1.54, 1.807) is 23.7 Å². The van der Waals surface area contributed by atoms with Gasteiger partial charge < -0.3 is 15.5 Å². The van der Waals surface area contributed by atoms with Crippen molar-refractivity contribution in [2.75, 3.05) is 11.9 Å². The molecule has 2 N–H and O–H groups in total. The molecular formula is C21H25FN4O3S. The Morgan fingerprint density at radius 2 is 1.83 bits per heavy atom. The first-order valence-corrected chi connectivity index (χ1v) is 10.9. The summed E-state index contributed by atoms with van der Waals surface area (Å²) in [7, 11) is 0. The number of aromatic nitrogens is 1. The zero-order chi connectivity index (χ0) is 21.3. The summed E-state index contributed by atoms with van der Waals surface area (Å²) < 4.78 is 13.2. The molecule has 0 atom stereocenters. The number of amides is 3. The molecule has 9 heteroatoms. The van der Waals surface area contributed by atoms with Gasteiger partial charge >= 0.3 is 0 Å². The molecular weight excluding hydrogens is 407 g/mol. The summed E-state index contributed by atoms with van der Waals surface area (Å²) in [6.45, 7) is 0.0755. The molecule has 3 amide bonds. The Balaban J connectivity index is 1.57. The fourth-order valence-corrected chi connectivity index (χ4v) is 3.95. The lowest BCUT2D eigenvalue weighted by Gasteiger charge is -2.23. The number of benzene rings is 1. The predicted molar refractivity (Wildman–Crippen MR) is 112 cm³/mol. The second kappa shape index (κ2) is 10.8. The van der Waals surface area contributed by atoms with Crippen LogP contribution in [-0.2, 0) is 20.9 Å². The summed E-state index contributed by atoms with van der Waals surface area (Å²) >= 11 is 1.30. The molecule has 3 rings (SSSR count). The van der Waals surface area contributed by atoms with E-state index in [2.05, 4.69) is 15.6 Å². The topological polar surface area (TPSA) is 91.4 Å². The van der Waals surface area contributed by atoms with Gasteiger partial charge in [-0.3, -0.25) is 14.4 Å². The summed E-state index contributed by atoms with van der Waals surface area (Å²) in [6.07, 6.45) is 5.63. The Morgan fingerprint density at radius 1 is 1.10 bits per heavy atom. The lowest BCUT2D eigenvalue weighted by molar-refractivity contribution is -0.137. The molecule has 30 heavy (non-hydrogen) atoms. The number of nitrogens with zero attached hydrogens (tertiary/aromatic N) is 2. The van der Waals surface area contributed by atoms with E-state index in [0.717, 1.165) is 25.7 Å². The fourth-order valence-electron chi connectivity index (χ4n) is 3.40. The van der Waals surface area contributed by atoms with Crippen molar-refractivity contribution < 1.29 is 18.8 Å². The molecule has 0 spiro atoms. The lowest BCUT2D eigenvalue weighted by atomic mass is 10.2. The number of anilines is 1. The van der Waals surface area contributed by atoms with E-state index in [4.69, 9.17) is 0 Å². The smallest absolute Gasteiger partial charge is 0.239 e. The van der Waals surface area contributed by atoms with Crippen LogP contribution in [-0.4, -0.2) is 40.2 Å². The molecule has 1 saturated carbocycles. The van der Waals surface area contributed by atoms with Gasteiger partial charge in [0.05, 0.1) is 6.54 Å². The molecule has 160 valence electrons. The zero-order valence-electron chi connectivity index (χ0n) is 16.6. The number of nitrogens with one attached hydrogen (secondary N) is 2. The molecule has 2 aromatic rings. The number of carbonyl (C=O) groups excluding carboxylic acids is 3. The summed E-state index contributed by atoms with van der Waals surface area (Å²) in [6, 6.07) is 5.96. The largest absolute Gasteiger partial charge is 0.352 e. The van der Waals surface area contributed by atoms with Crippen LogP contribution in [0.25, 0.3) is 0 Å². The second-order valence-electron chi connectivity index (χ2n) is 7.31. The van der Waals surface area contributed by atoms with Crippen molar-refractivity contribution >= 4 is 34.2 Å². The first-order valence-electron chi connectivity index (χ1n) is 10.0. The minimum absolute atomic E-state index is 0.0113. The average Bonchev–Trinajstić information content (AvgIpc) is 3.41. The minimum Gasteiger partial charge on any atom is -0.352 e. The Hall–Kier alpha value is -2.81. The van der Waals surface area contributed by atoms with Crippen LogP contribution >= 0.6 is 11.3 Å². The fraction of sp³-hybridized carbons (Fsp3) is 0.429. The Bertz CT molecular complexity index is 852. The van der Waals surface area contributed by atoms with Crippen molar-refractivity contribution in [3.8, 4) is 0 Å². The highest BCUT2D eigenvalue weighted by Gasteiger charge is 2.22. The number of hydrogen-bond donors (Lipinski definition) is 2. The monoisotopic (exact) mass is 432 g/mol. The first-order chi connectivity index (χ1) is 14.5. The quantitative estimate of drug-likeness (QED) is 0.637. The Kier molecular flexibility index (Phi) is 7.89. The van der Waals surface area contributed by atoms with Crippen LogP contribution < -0.4 is 10.6 Å². The van der Waals surface area contributed by atoms with Crippen molar-refractivity contribution in [1.82, 2.24) is 15.2 Å². The molecule has 1 aliphatic rings. The molecule has 0 aliphatic heterocycles. The molecule has 1 fully saturated rings. The number of hydrogen-bond acceptors (Lipinski definition) is 5.